The Bertz CT molecular complexity index is 663. The Morgan fingerprint density at radius 1 is 1.29 bits per heavy atom. The Hall–Kier alpha value is -1.39. The van der Waals surface area contributed by atoms with E-state index in [1.807, 2.05) is 0 Å². The predicted octanol–water partition coefficient (Wildman–Crippen LogP) is 2.03. The average Bonchev–Trinajstić information content (AvgIpc) is 2.78. The molecule has 0 fully saturated rings. The van der Waals surface area contributed by atoms with Crippen molar-refractivity contribution in [1.82, 2.24) is 14.6 Å². The van der Waals surface area contributed by atoms with E-state index < -0.39 is 21.7 Å². The van der Waals surface area contributed by atoms with Crippen LogP contribution in [0.1, 0.15) is 32.9 Å². The van der Waals surface area contributed by atoms with Crippen LogP contribution in [0.4, 0.5) is 9.93 Å². The molecule has 0 radical (unpaired) electrons. The molecular formula is C14H26N4O4S2. The molecule has 0 aliphatic rings. The minimum atomic E-state index is -3.47. The van der Waals surface area contributed by atoms with Crippen LogP contribution in [-0.4, -0.2) is 56.6 Å². The molecule has 0 saturated carbocycles. The van der Waals surface area contributed by atoms with E-state index in [0.717, 1.165) is 11.3 Å². The molecule has 0 spiro atoms. The first-order valence-electron chi connectivity index (χ1n) is 7.54. The van der Waals surface area contributed by atoms with Gasteiger partial charge in [-0.05, 0) is 34.1 Å². The highest BCUT2D eigenvalue weighted by atomic mass is 32.2. The number of amides is 1. The first-order chi connectivity index (χ1) is 10.9. The highest BCUT2D eigenvalue weighted by Crippen LogP contribution is 2.28. The van der Waals surface area contributed by atoms with E-state index in [9.17, 15) is 13.2 Å². The summed E-state index contributed by atoms with van der Waals surface area (Å²) < 4.78 is 30.8. The van der Waals surface area contributed by atoms with Crippen molar-refractivity contribution in [3.8, 4) is 0 Å². The third-order valence-corrected chi connectivity index (χ3v) is 6.28. The number of alkyl carbamates (subject to hydrolysis) is 1. The fourth-order valence-corrected chi connectivity index (χ4v) is 4.23. The summed E-state index contributed by atoms with van der Waals surface area (Å²) in [5.41, 5.74) is -0.0437. The first kappa shape index (κ1) is 20.7. The van der Waals surface area contributed by atoms with Gasteiger partial charge >= 0.3 is 6.09 Å². The summed E-state index contributed by atoms with van der Waals surface area (Å²) in [6, 6.07) is 0. The maximum Gasteiger partial charge on any atom is 0.407 e. The van der Waals surface area contributed by atoms with E-state index in [0.29, 0.717) is 30.3 Å². The molecule has 8 nitrogen and oxygen atoms in total. The van der Waals surface area contributed by atoms with Gasteiger partial charge in [-0.25, -0.2) is 22.5 Å². The molecule has 1 aromatic rings. The van der Waals surface area contributed by atoms with Crippen LogP contribution in [0.5, 0.6) is 0 Å². The van der Waals surface area contributed by atoms with Gasteiger partial charge in [0, 0.05) is 27.2 Å². The van der Waals surface area contributed by atoms with Gasteiger partial charge in [0.05, 0.1) is 5.69 Å². The second kappa shape index (κ2) is 8.13. The monoisotopic (exact) mass is 378 g/mol. The first-order valence-corrected chi connectivity index (χ1v) is 9.80. The smallest absolute Gasteiger partial charge is 0.407 e. The van der Waals surface area contributed by atoms with Gasteiger partial charge in [-0.3, -0.25) is 0 Å². The standard InChI is InChI=1S/C14H26N4O4S2/c1-10-11(24(20,21)18(5)6)23-12(17-10)15-8-7-9-16-13(19)22-14(2,3)4/h7-9H2,1-6H3,(H,15,17)(H,16,19). The van der Waals surface area contributed by atoms with Crippen molar-refractivity contribution in [3.63, 3.8) is 0 Å². The number of nitrogens with one attached hydrogen (secondary N) is 2. The zero-order valence-electron chi connectivity index (χ0n) is 15.0. The Balaban J connectivity index is 2.44. The maximum atomic E-state index is 12.1. The van der Waals surface area contributed by atoms with Crippen LogP contribution in [0.25, 0.3) is 0 Å². The molecule has 138 valence electrons. The van der Waals surface area contributed by atoms with Crippen LogP contribution in [0.3, 0.4) is 0 Å². The normalized spacial score (nSPS) is 12.3. The number of aryl methyl sites for hydroxylation is 1. The summed E-state index contributed by atoms with van der Waals surface area (Å²) in [6.07, 6.45) is 0.208. The van der Waals surface area contributed by atoms with Crippen molar-refractivity contribution in [1.29, 1.82) is 0 Å². The Kier molecular flexibility index (Phi) is 6.99. The quantitative estimate of drug-likeness (QED) is 0.704. The van der Waals surface area contributed by atoms with Gasteiger partial charge in [0.25, 0.3) is 10.0 Å². The SMILES string of the molecule is Cc1nc(NCCCNC(=O)OC(C)(C)C)sc1S(=O)(=O)N(C)C. The fourth-order valence-electron chi connectivity index (χ4n) is 1.65. The summed E-state index contributed by atoms with van der Waals surface area (Å²) in [5.74, 6) is 0. The highest BCUT2D eigenvalue weighted by Gasteiger charge is 2.24. The lowest BCUT2D eigenvalue weighted by molar-refractivity contribution is 0.0528. The van der Waals surface area contributed by atoms with Crippen LogP contribution in [0.2, 0.25) is 0 Å². The van der Waals surface area contributed by atoms with Crippen LogP contribution in [0, 0.1) is 6.92 Å². The number of carbonyl (C=O) groups excluding carboxylic acids is 1. The zero-order chi connectivity index (χ0) is 18.5. The number of anilines is 1. The Labute approximate surface area is 147 Å². The summed E-state index contributed by atoms with van der Waals surface area (Å²) in [6.45, 7) is 8.09. The summed E-state index contributed by atoms with van der Waals surface area (Å²) >= 11 is 1.10. The minimum absolute atomic E-state index is 0.238. The predicted molar refractivity (Wildman–Crippen MR) is 95.1 cm³/mol. The number of nitrogens with zero attached hydrogens (tertiary/aromatic N) is 2. The second-order valence-corrected chi connectivity index (χ2v) is 9.73. The zero-order valence-corrected chi connectivity index (χ0v) is 16.6. The molecular weight excluding hydrogens is 352 g/mol. The van der Waals surface area contributed by atoms with Crippen molar-refractivity contribution in [2.24, 2.45) is 0 Å². The molecule has 0 aliphatic carbocycles. The summed E-state index contributed by atoms with van der Waals surface area (Å²) in [4.78, 5) is 15.7. The average molecular weight is 379 g/mol. The number of ether oxygens (including phenoxy) is 1. The third kappa shape index (κ3) is 6.25. The number of rotatable bonds is 7. The third-order valence-electron chi connectivity index (χ3n) is 2.77. The molecule has 10 heteroatoms. The molecule has 1 aromatic heterocycles. The molecule has 0 unspecified atom stereocenters. The molecule has 24 heavy (non-hydrogen) atoms. The molecule has 1 heterocycles. The maximum absolute atomic E-state index is 12.1. The molecule has 1 rings (SSSR count). The molecule has 0 aliphatic heterocycles. The molecule has 1 amide bonds. The molecule has 0 saturated heterocycles. The number of thiazole rings is 1. The van der Waals surface area contributed by atoms with Crippen LogP contribution < -0.4 is 10.6 Å². The van der Waals surface area contributed by atoms with Gasteiger partial charge in [-0.2, -0.15) is 0 Å². The van der Waals surface area contributed by atoms with E-state index in [-0.39, 0.29) is 4.21 Å². The largest absolute Gasteiger partial charge is 0.444 e. The van der Waals surface area contributed by atoms with Gasteiger partial charge in [0.2, 0.25) is 0 Å². The van der Waals surface area contributed by atoms with E-state index in [1.54, 1.807) is 27.7 Å². The van der Waals surface area contributed by atoms with Crippen molar-refractivity contribution < 1.29 is 17.9 Å². The Morgan fingerprint density at radius 3 is 2.46 bits per heavy atom. The number of carbonyl (C=O) groups is 1. The minimum Gasteiger partial charge on any atom is -0.444 e. The van der Waals surface area contributed by atoms with E-state index >= 15 is 0 Å². The fraction of sp³-hybridized carbons (Fsp3) is 0.714. The van der Waals surface area contributed by atoms with Gasteiger partial charge in [-0.1, -0.05) is 11.3 Å². The van der Waals surface area contributed by atoms with Crippen molar-refractivity contribution in [2.75, 3.05) is 32.5 Å². The van der Waals surface area contributed by atoms with Crippen molar-refractivity contribution in [2.45, 2.75) is 43.9 Å². The number of hydrogen-bond donors (Lipinski definition) is 2. The van der Waals surface area contributed by atoms with E-state index in [2.05, 4.69) is 15.6 Å². The topological polar surface area (TPSA) is 101 Å². The molecule has 2 N–H and O–H groups in total. The lowest BCUT2D eigenvalue weighted by Crippen LogP contribution is -2.33. The number of hydrogen-bond acceptors (Lipinski definition) is 7. The van der Waals surface area contributed by atoms with Gasteiger partial charge in [0.1, 0.15) is 5.60 Å². The van der Waals surface area contributed by atoms with Crippen LogP contribution >= 0.6 is 11.3 Å². The molecule has 0 atom stereocenters. The highest BCUT2D eigenvalue weighted by molar-refractivity contribution is 7.91. The van der Waals surface area contributed by atoms with Gasteiger partial charge < -0.3 is 15.4 Å². The van der Waals surface area contributed by atoms with E-state index in [4.69, 9.17) is 4.74 Å². The summed E-state index contributed by atoms with van der Waals surface area (Å²) in [7, 11) is -0.495. The number of aromatic nitrogens is 1. The lowest BCUT2D eigenvalue weighted by Gasteiger charge is -2.19. The molecule has 0 bridgehead atoms. The van der Waals surface area contributed by atoms with Crippen molar-refractivity contribution >= 4 is 32.6 Å². The Morgan fingerprint density at radius 2 is 1.92 bits per heavy atom. The van der Waals surface area contributed by atoms with Gasteiger partial charge in [0.15, 0.2) is 9.34 Å². The van der Waals surface area contributed by atoms with Crippen molar-refractivity contribution in [3.05, 3.63) is 5.69 Å². The van der Waals surface area contributed by atoms with Crippen LogP contribution in [0.15, 0.2) is 4.21 Å². The number of sulfonamides is 1. The summed E-state index contributed by atoms with van der Waals surface area (Å²) in [5, 5.41) is 6.28. The second-order valence-electron chi connectivity index (χ2n) is 6.39. The lowest BCUT2D eigenvalue weighted by atomic mass is 10.2. The van der Waals surface area contributed by atoms with Crippen LogP contribution in [-0.2, 0) is 14.8 Å². The molecule has 0 aromatic carbocycles. The van der Waals surface area contributed by atoms with Gasteiger partial charge in [-0.15, -0.1) is 0 Å². The van der Waals surface area contributed by atoms with E-state index in [1.165, 1.54) is 18.4 Å².